The highest BCUT2D eigenvalue weighted by molar-refractivity contribution is 6.30. The summed E-state index contributed by atoms with van der Waals surface area (Å²) in [5, 5.41) is 6.50. The van der Waals surface area contributed by atoms with Gasteiger partial charge in [-0.25, -0.2) is 9.97 Å². The number of benzene rings is 1. The molecule has 0 spiro atoms. The maximum absolute atomic E-state index is 11.9. The van der Waals surface area contributed by atoms with Gasteiger partial charge in [0.1, 0.15) is 17.5 Å². The van der Waals surface area contributed by atoms with Gasteiger partial charge in [0.25, 0.3) is 0 Å². The van der Waals surface area contributed by atoms with E-state index in [4.69, 9.17) is 16.6 Å². The van der Waals surface area contributed by atoms with E-state index in [0.717, 1.165) is 37.3 Å². The topological polar surface area (TPSA) is 112 Å². The van der Waals surface area contributed by atoms with Crippen LogP contribution in [-0.4, -0.2) is 76.0 Å². The van der Waals surface area contributed by atoms with E-state index in [1.807, 2.05) is 31.2 Å². The Kier molecular flexibility index (Phi) is 7.49. The van der Waals surface area contributed by atoms with Crippen LogP contribution >= 0.6 is 11.6 Å². The molecule has 10 nitrogen and oxygen atoms in total. The average Bonchev–Trinajstić information content (AvgIpc) is 2.85. The largest absolute Gasteiger partial charge is 0.359 e. The monoisotopic (exact) mass is 481 g/mol. The predicted octanol–water partition coefficient (Wildman–Crippen LogP) is 2.33. The first-order chi connectivity index (χ1) is 16.4. The van der Waals surface area contributed by atoms with Gasteiger partial charge in [-0.3, -0.25) is 4.79 Å². The van der Waals surface area contributed by atoms with Gasteiger partial charge in [-0.1, -0.05) is 30.7 Å². The summed E-state index contributed by atoms with van der Waals surface area (Å²) >= 11 is 6.07. The Balaban J connectivity index is 1.70. The lowest BCUT2D eigenvalue weighted by Crippen LogP contribution is -2.45. The number of carbonyl (C=O) groups is 1. The smallest absolute Gasteiger partial charge is 0.233 e. The third-order valence-corrected chi connectivity index (χ3v) is 5.85. The number of aromatic nitrogens is 5. The van der Waals surface area contributed by atoms with Crippen molar-refractivity contribution in [3.63, 3.8) is 0 Å². The normalized spacial score (nSPS) is 14.2. The van der Waals surface area contributed by atoms with E-state index in [1.165, 1.54) is 0 Å². The Bertz CT molecular complexity index is 1150. The Morgan fingerprint density at radius 3 is 2.44 bits per heavy atom. The van der Waals surface area contributed by atoms with Gasteiger partial charge in [-0.05, 0) is 24.7 Å². The molecule has 0 atom stereocenters. The highest BCUT2D eigenvalue weighted by Crippen LogP contribution is 2.29. The fourth-order valence-electron chi connectivity index (χ4n) is 3.55. The third kappa shape index (κ3) is 5.75. The van der Waals surface area contributed by atoms with E-state index in [-0.39, 0.29) is 12.3 Å². The van der Waals surface area contributed by atoms with Gasteiger partial charge in [0.15, 0.2) is 0 Å². The van der Waals surface area contributed by atoms with Gasteiger partial charge in [0, 0.05) is 56.4 Å². The van der Waals surface area contributed by atoms with Crippen LogP contribution in [0.25, 0.3) is 11.1 Å². The number of rotatable bonds is 7. The van der Waals surface area contributed by atoms with E-state index in [2.05, 4.69) is 47.4 Å². The second-order valence-corrected chi connectivity index (χ2v) is 8.49. The molecule has 178 valence electrons. The summed E-state index contributed by atoms with van der Waals surface area (Å²) in [7, 11) is 3.69. The highest BCUT2D eigenvalue weighted by Gasteiger charge is 2.19. The number of nitrogens with one attached hydrogen (secondary N) is 2. The van der Waals surface area contributed by atoms with Crippen molar-refractivity contribution in [1.82, 2.24) is 35.1 Å². The minimum absolute atomic E-state index is 0.0655. The molecule has 4 rings (SSSR count). The molecular weight excluding hydrogens is 454 g/mol. The van der Waals surface area contributed by atoms with Crippen molar-refractivity contribution >= 4 is 35.2 Å². The first kappa shape index (κ1) is 23.8. The lowest BCUT2D eigenvalue weighted by molar-refractivity contribution is -0.120. The van der Waals surface area contributed by atoms with Crippen LogP contribution in [0.4, 0.5) is 17.7 Å². The number of aryl methyl sites for hydroxylation is 1. The van der Waals surface area contributed by atoms with E-state index in [1.54, 1.807) is 13.2 Å². The molecule has 1 aliphatic rings. The van der Waals surface area contributed by atoms with Crippen molar-refractivity contribution in [3.05, 3.63) is 47.1 Å². The zero-order valence-corrected chi connectivity index (χ0v) is 20.3. The van der Waals surface area contributed by atoms with Gasteiger partial charge in [-0.2, -0.15) is 15.0 Å². The second-order valence-electron chi connectivity index (χ2n) is 8.05. The summed E-state index contributed by atoms with van der Waals surface area (Å²) in [4.78, 5) is 39.3. The van der Waals surface area contributed by atoms with E-state index >= 15 is 0 Å². The molecule has 34 heavy (non-hydrogen) atoms. The molecule has 0 aliphatic carbocycles. The third-order valence-electron chi connectivity index (χ3n) is 5.59. The van der Waals surface area contributed by atoms with Crippen molar-refractivity contribution in [2.45, 2.75) is 19.8 Å². The van der Waals surface area contributed by atoms with Gasteiger partial charge in [0.05, 0.1) is 6.42 Å². The zero-order chi connectivity index (χ0) is 24.1. The minimum atomic E-state index is -0.170. The van der Waals surface area contributed by atoms with E-state index < -0.39 is 0 Å². The van der Waals surface area contributed by atoms with Crippen LogP contribution in [0.3, 0.4) is 0 Å². The van der Waals surface area contributed by atoms with Crippen LogP contribution < -0.4 is 15.5 Å². The molecule has 0 bridgehead atoms. The molecule has 1 amide bonds. The summed E-state index contributed by atoms with van der Waals surface area (Å²) < 4.78 is 0. The van der Waals surface area contributed by atoms with Crippen molar-refractivity contribution in [2.75, 3.05) is 50.5 Å². The molecule has 11 heteroatoms. The molecule has 1 fully saturated rings. The van der Waals surface area contributed by atoms with Crippen LogP contribution in [0.5, 0.6) is 0 Å². The molecule has 1 aromatic carbocycles. The average molecular weight is 482 g/mol. The Morgan fingerprint density at radius 2 is 1.76 bits per heavy atom. The molecule has 2 aromatic heterocycles. The van der Waals surface area contributed by atoms with Crippen LogP contribution in [0.2, 0.25) is 5.02 Å². The Labute approximate surface area is 203 Å². The molecule has 0 radical (unpaired) electrons. The molecule has 3 aromatic rings. The molecular formula is C23H28ClN9O. The summed E-state index contributed by atoms with van der Waals surface area (Å²) in [6.45, 7) is 5.61. The van der Waals surface area contributed by atoms with E-state index in [0.29, 0.717) is 40.8 Å². The maximum Gasteiger partial charge on any atom is 0.233 e. The predicted molar refractivity (Wildman–Crippen MR) is 132 cm³/mol. The van der Waals surface area contributed by atoms with Crippen LogP contribution in [0.15, 0.2) is 30.5 Å². The Hall–Kier alpha value is -3.37. The van der Waals surface area contributed by atoms with Gasteiger partial charge >= 0.3 is 0 Å². The maximum atomic E-state index is 11.9. The number of anilines is 3. The van der Waals surface area contributed by atoms with Gasteiger partial charge < -0.3 is 20.4 Å². The first-order valence-corrected chi connectivity index (χ1v) is 11.6. The summed E-state index contributed by atoms with van der Waals surface area (Å²) in [6, 6.07) is 7.40. The van der Waals surface area contributed by atoms with E-state index in [9.17, 15) is 4.79 Å². The minimum Gasteiger partial charge on any atom is -0.359 e. The van der Waals surface area contributed by atoms with Gasteiger partial charge in [-0.15, -0.1) is 0 Å². The molecule has 1 saturated heterocycles. The standard InChI is InChI=1S/C23H28ClN9O/c1-4-18-28-22(31-23(29-18)33-11-9-32(3)10-12-33)30-21-17(15-5-7-16(24)8-6-15)14-26-19(27-21)13-20(34)25-2/h5-8,14H,4,9-13H2,1-3H3,(H,25,34)(H,26,27,28,29,30,31). The van der Waals surface area contributed by atoms with Crippen molar-refractivity contribution in [1.29, 1.82) is 0 Å². The molecule has 1 aliphatic heterocycles. The molecule has 2 N–H and O–H groups in total. The SMILES string of the molecule is CCc1nc(Nc2nc(CC(=O)NC)ncc2-c2ccc(Cl)cc2)nc(N2CCN(C)CC2)n1. The second kappa shape index (κ2) is 10.7. The lowest BCUT2D eigenvalue weighted by Gasteiger charge is -2.32. The van der Waals surface area contributed by atoms with Crippen molar-refractivity contribution in [2.24, 2.45) is 0 Å². The number of carbonyl (C=O) groups excluding carboxylic acids is 1. The number of nitrogens with zero attached hydrogens (tertiary/aromatic N) is 7. The van der Waals surface area contributed by atoms with Crippen molar-refractivity contribution < 1.29 is 4.79 Å². The number of hydrogen-bond acceptors (Lipinski definition) is 9. The number of likely N-dealkylation sites (N-methyl/N-ethyl adjacent to an activating group) is 2. The number of halogens is 1. The summed E-state index contributed by atoms with van der Waals surface area (Å²) in [6.07, 6.45) is 2.43. The fraction of sp³-hybridized carbons (Fsp3) is 0.391. The van der Waals surface area contributed by atoms with Crippen LogP contribution in [0.1, 0.15) is 18.6 Å². The van der Waals surface area contributed by atoms with Crippen LogP contribution in [-0.2, 0) is 17.6 Å². The molecule has 0 unspecified atom stereocenters. The fourth-order valence-corrected chi connectivity index (χ4v) is 3.67. The number of hydrogen-bond donors (Lipinski definition) is 2. The quantitative estimate of drug-likeness (QED) is 0.525. The van der Waals surface area contributed by atoms with Crippen molar-refractivity contribution in [3.8, 4) is 11.1 Å². The van der Waals surface area contributed by atoms with Crippen LogP contribution in [0, 0.1) is 0 Å². The summed E-state index contributed by atoms with van der Waals surface area (Å²) in [5.74, 6) is 2.48. The highest BCUT2D eigenvalue weighted by atomic mass is 35.5. The molecule has 0 saturated carbocycles. The summed E-state index contributed by atoms with van der Waals surface area (Å²) in [5.41, 5.74) is 1.62. The number of amides is 1. The number of piperazine rings is 1. The molecule has 3 heterocycles. The Morgan fingerprint density at radius 1 is 1.03 bits per heavy atom. The zero-order valence-electron chi connectivity index (χ0n) is 19.5. The first-order valence-electron chi connectivity index (χ1n) is 11.2. The lowest BCUT2D eigenvalue weighted by atomic mass is 10.1. The van der Waals surface area contributed by atoms with Gasteiger partial charge in [0.2, 0.25) is 17.8 Å².